The summed E-state index contributed by atoms with van der Waals surface area (Å²) < 4.78 is 0. The predicted molar refractivity (Wildman–Crippen MR) is 218 cm³/mol. The van der Waals surface area contributed by atoms with Gasteiger partial charge in [-0.15, -0.1) is 0 Å². The maximum Gasteiger partial charge on any atom is 0.0158 e. The van der Waals surface area contributed by atoms with Crippen molar-refractivity contribution in [2.45, 2.75) is 19.3 Å². The minimum atomic E-state index is -0.0379. The quantitative estimate of drug-likeness (QED) is 0.167. The van der Waals surface area contributed by atoms with E-state index in [4.69, 9.17) is 0 Å². The Bertz CT molecular complexity index is 2810. The molecule has 0 amide bonds. The van der Waals surface area contributed by atoms with E-state index in [9.17, 15) is 0 Å². The van der Waals surface area contributed by atoms with E-state index >= 15 is 0 Å². The summed E-state index contributed by atoms with van der Waals surface area (Å²) in [6.45, 7) is 4.72. The Morgan fingerprint density at radius 3 is 1.69 bits per heavy atom. The SMILES string of the molecule is CC1(C)c2ccccc2-c2cc(-c3c4ccccc4c(-c4cccc(-c5ccccc5)c4)c4ccc(-c5cccc6ccccc56)cc34)ccc21. The van der Waals surface area contributed by atoms with Crippen molar-refractivity contribution in [3.05, 3.63) is 193 Å². The summed E-state index contributed by atoms with van der Waals surface area (Å²) in [7, 11) is 0. The number of rotatable bonds is 4. The van der Waals surface area contributed by atoms with Crippen LogP contribution < -0.4 is 0 Å². The third kappa shape index (κ3) is 4.60. The van der Waals surface area contributed by atoms with E-state index in [0.717, 1.165) is 0 Å². The number of benzene rings is 9. The molecule has 0 aliphatic heterocycles. The minimum absolute atomic E-state index is 0.0379. The van der Waals surface area contributed by atoms with E-state index in [0.29, 0.717) is 0 Å². The molecule has 0 nitrogen and oxygen atoms in total. The van der Waals surface area contributed by atoms with Crippen LogP contribution in [0.1, 0.15) is 25.0 Å². The Morgan fingerprint density at radius 2 is 0.843 bits per heavy atom. The Kier molecular flexibility index (Phi) is 6.63. The first-order chi connectivity index (χ1) is 25.1. The van der Waals surface area contributed by atoms with E-state index in [1.165, 1.54) is 99.1 Å². The molecule has 10 rings (SSSR count). The molecule has 0 unspecified atom stereocenters. The number of fused-ring (bicyclic) bond motifs is 6. The average Bonchev–Trinajstić information content (AvgIpc) is 3.42. The molecule has 0 saturated carbocycles. The molecule has 0 saturated heterocycles. The van der Waals surface area contributed by atoms with Crippen LogP contribution in [-0.4, -0.2) is 0 Å². The molecule has 0 heterocycles. The third-order valence-corrected chi connectivity index (χ3v) is 11.3. The van der Waals surface area contributed by atoms with Crippen LogP contribution in [-0.2, 0) is 5.41 Å². The van der Waals surface area contributed by atoms with Gasteiger partial charge >= 0.3 is 0 Å². The van der Waals surface area contributed by atoms with Gasteiger partial charge in [-0.05, 0) is 117 Å². The second kappa shape index (κ2) is 11.4. The summed E-state index contributed by atoms with van der Waals surface area (Å²) in [6, 6.07) is 67.5. The zero-order valence-corrected chi connectivity index (χ0v) is 28.8. The van der Waals surface area contributed by atoms with Crippen LogP contribution in [0.2, 0.25) is 0 Å². The standard InChI is InChI=1S/C51H36/c1-51(2)47-25-11-10-21-41(47)45-32-38(27-29-48(45)51)50-43-23-9-8-22-42(43)49(37-19-12-18-35(30-37)33-14-4-3-5-15-33)44-28-26-36(31-46(44)50)40-24-13-17-34-16-6-7-20-39(34)40/h3-32H,1-2H3. The molecular formula is C51H36. The Labute approximate surface area is 299 Å². The summed E-state index contributed by atoms with van der Waals surface area (Å²) in [6.07, 6.45) is 0. The molecule has 1 aliphatic rings. The van der Waals surface area contributed by atoms with Crippen LogP contribution in [0.5, 0.6) is 0 Å². The van der Waals surface area contributed by atoms with E-state index in [2.05, 4.69) is 196 Å². The molecule has 9 aromatic carbocycles. The predicted octanol–water partition coefficient (Wildman–Crippen LogP) is 14.1. The van der Waals surface area contributed by atoms with Crippen LogP contribution >= 0.6 is 0 Å². The highest BCUT2D eigenvalue weighted by molar-refractivity contribution is 6.22. The maximum atomic E-state index is 2.46. The monoisotopic (exact) mass is 648 g/mol. The van der Waals surface area contributed by atoms with Crippen LogP contribution in [0.25, 0.3) is 88.0 Å². The zero-order chi connectivity index (χ0) is 34.1. The van der Waals surface area contributed by atoms with Crippen molar-refractivity contribution in [2.75, 3.05) is 0 Å². The van der Waals surface area contributed by atoms with Gasteiger partial charge in [-0.1, -0.05) is 178 Å². The zero-order valence-electron chi connectivity index (χ0n) is 28.8. The first-order valence-electron chi connectivity index (χ1n) is 17.9. The van der Waals surface area contributed by atoms with Gasteiger partial charge in [-0.25, -0.2) is 0 Å². The molecule has 0 heteroatoms. The van der Waals surface area contributed by atoms with Crippen molar-refractivity contribution in [2.24, 2.45) is 0 Å². The van der Waals surface area contributed by atoms with Crippen molar-refractivity contribution in [1.29, 1.82) is 0 Å². The van der Waals surface area contributed by atoms with Gasteiger partial charge in [0.25, 0.3) is 0 Å². The average molecular weight is 649 g/mol. The lowest BCUT2D eigenvalue weighted by molar-refractivity contribution is 0.660. The van der Waals surface area contributed by atoms with Crippen molar-refractivity contribution in [3.8, 4) is 55.6 Å². The lowest BCUT2D eigenvalue weighted by Crippen LogP contribution is -2.14. The van der Waals surface area contributed by atoms with Gasteiger partial charge in [0.05, 0.1) is 0 Å². The summed E-state index contributed by atoms with van der Waals surface area (Å²) in [5.74, 6) is 0. The maximum absolute atomic E-state index is 2.46. The third-order valence-electron chi connectivity index (χ3n) is 11.3. The van der Waals surface area contributed by atoms with Gasteiger partial charge in [-0.3, -0.25) is 0 Å². The fraction of sp³-hybridized carbons (Fsp3) is 0.0588. The summed E-state index contributed by atoms with van der Waals surface area (Å²) in [5, 5.41) is 7.60. The van der Waals surface area contributed by atoms with Crippen molar-refractivity contribution >= 4 is 32.3 Å². The van der Waals surface area contributed by atoms with E-state index in [-0.39, 0.29) is 5.41 Å². The fourth-order valence-corrected chi connectivity index (χ4v) is 8.81. The molecule has 0 atom stereocenters. The number of hydrogen-bond acceptors (Lipinski definition) is 0. The normalized spacial score (nSPS) is 13.1. The topological polar surface area (TPSA) is 0 Å². The summed E-state index contributed by atoms with van der Waals surface area (Å²) >= 11 is 0. The van der Waals surface area contributed by atoms with Gasteiger partial charge in [0.2, 0.25) is 0 Å². The second-order valence-corrected chi connectivity index (χ2v) is 14.5. The minimum Gasteiger partial charge on any atom is -0.0622 e. The summed E-state index contributed by atoms with van der Waals surface area (Å²) in [4.78, 5) is 0. The molecule has 0 radical (unpaired) electrons. The molecule has 240 valence electrons. The highest BCUT2D eigenvalue weighted by atomic mass is 14.4. The molecule has 9 aromatic rings. The number of hydrogen-bond donors (Lipinski definition) is 0. The highest BCUT2D eigenvalue weighted by Gasteiger charge is 2.35. The van der Waals surface area contributed by atoms with E-state index in [1.807, 2.05) is 0 Å². The second-order valence-electron chi connectivity index (χ2n) is 14.5. The molecule has 0 N–H and O–H groups in total. The van der Waals surface area contributed by atoms with E-state index < -0.39 is 0 Å². The Hall–Kier alpha value is -6.24. The lowest BCUT2D eigenvalue weighted by atomic mass is 9.81. The van der Waals surface area contributed by atoms with Crippen LogP contribution in [0.15, 0.2) is 182 Å². The molecule has 0 fully saturated rings. The molecule has 51 heavy (non-hydrogen) atoms. The molecule has 1 aliphatic carbocycles. The molecule has 0 aromatic heterocycles. The van der Waals surface area contributed by atoms with Gasteiger partial charge < -0.3 is 0 Å². The van der Waals surface area contributed by atoms with Gasteiger partial charge in [0, 0.05) is 5.41 Å². The van der Waals surface area contributed by atoms with Gasteiger partial charge in [-0.2, -0.15) is 0 Å². The lowest BCUT2D eigenvalue weighted by Gasteiger charge is -2.22. The van der Waals surface area contributed by atoms with Crippen LogP contribution in [0.4, 0.5) is 0 Å². The largest absolute Gasteiger partial charge is 0.0622 e. The Morgan fingerprint density at radius 1 is 0.294 bits per heavy atom. The van der Waals surface area contributed by atoms with E-state index in [1.54, 1.807) is 0 Å². The van der Waals surface area contributed by atoms with Crippen LogP contribution in [0.3, 0.4) is 0 Å². The van der Waals surface area contributed by atoms with Crippen LogP contribution in [0, 0.1) is 0 Å². The molecular weight excluding hydrogens is 613 g/mol. The molecule has 0 spiro atoms. The van der Waals surface area contributed by atoms with Gasteiger partial charge in [0.1, 0.15) is 0 Å². The first-order valence-corrected chi connectivity index (χ1v) is 17.9. The van der Waals surface area contributed by atoms with Gasteiger partial charge in [0.15, 0.2) is 0 Å². The van der Waals surface area contributed by atoms with Crippen molar-refractivity contribution in [1.82, 2.24) is 0 Å². The first kappa shape index (κ1) is 29.7. The van der Waals surface area contributed by atoms with Crippen molar-refractivity contribution in [3.63, 3.8) is 0 Å². The summed E-state index contributed by atoms with van der Waals surface area (Å²) in [5.41, 5.74) is 15.4. The smallest absolute Gasteiger partial charge is 0.0158 e. The Balaban J connectivity index is 1.30. The highest BCUT2D eigenvalue weighted by Crippen LogP contribution is 2.51. The fourth-order valence-electron chi connectivity index (χ4n) is 8.81. The molecule has 0 bridgehead atoms. The van der Waals surface area contributed by atoms with Crippen molar-refractivity contribution < 1.29 is 0 Å².